The highest BCUT2D eigenvalue weighted by molar-refractivity contribution is 5.94. The van der Waals surface area contributed by atoms with E-state index in [1.165, 1.54) is 19.1 Å². The Morgan fingerprint density at radius 1 is 0.906 bits per heavy atom. The van der Waals surface area contributed by atoms with Gasteiger partial charge in [0.25, 0.3) is 0 Å². The number of phenolic OH excluding ortho intramolecular Hbond substituents is 1. The maximum Gasteiger partial charge on any atom is 0.326 e. The van der Waals surface area contributed by atoms with Gasteiger partial charge in [0.15, 0.2) is 0 Å². The van der Waals surface area contributed by atoms with Crippen LogP contribution in [0.15, 0.2) is 24.3 Å². The van der Waals surface area contributed by atoms with Crippen LogP contribution in [-0.2, 0) is 30.4 Å². The Bertz CT molecular complexity index is 844. The summed E-state index contributed by atoms with van der Waals surface area (Å²) in [5.74, 6) is -5.67. The number of aliphatic hydroxyl groups is 1. The highest BCUT2D eigenvalue weighted by atomic mass is 16.4. The molecule has 0 heterocycles. The normalized spacial score (nSPS) is 14.3. The first kappa shape index (κ1) is 26.3. The predicted octanol–water partition coefficient (Wildman–Crippen LogP) is -2.71. The van der Waals surface area contributed by atoms with Crippen molar-refractivity contribution in [1.82, 2.24) is 16.0 Å². The van der Waals surface area contributed by atoms with Gasteiger partial charge in [-0.15, -0.1) is 0 Å². The van der Waals surface area contributed by atoms with Crippen molar-refractivity contribution in [1.29, 1.82) is 0 Å². The maximum atomic E-state index is 12.3. The Morgan fingerprint density at radius 3 is 1.97 bits per heavy atom. The first-order chi connectivity index (χ1) is 14.9. The fourth-order valence-electron chi connectivity index (χ4n) is 2.50. The number of nitrogens with two attached hydrogens (primary N) is 1. The lowest BCUT2D eigenvalue weighted by atomic mass is 10.1. The van der Waals surface area contributed by atoms with Gasteiger partial charge in [0, 0.05) is 0 Å². The molecule has 1 aromatic rings. The van der Waals surface area contributed by atoms with Crippen molar-refractivity contribution in [2.24, 2.45) is 5.73 Å². The van der Waals surface area contributed by atoms with Gasteiger partial charge in [0.1, 0.15) is 23.9 Å². The van der Waals surface area contributed by atoms with E-state index in [4.69, 9.17) is 15.9 Å². The van der Waals surface area contributed by atoms with Gasteiger partial charge in [0.2, 0.25) is 17.7 Å². The van der Waals surface area contributed by atoms with Gasteiger partial charge >= 0.3 is 11.9 Å². The zero-order valence-corrected chi connectivity index (χ0v) is 17.1. The van der Waals surface area contributed by atoms with E-state index in [9.17, 15) is 34.2 Å². The summed E-state index contributed by atoms with van der Waals surface area (Å²) >= 11 is 0. The zero-order valence-electron chi connectivity index (χ0n) is 17.1. The molecule has 13 nitrogen and oxygen atoms in total. The van der Waals surface area contributed by atoms with Crippen LogP contribution >= 0.6 is 0 Å². The van der Waals surface area contributed by atoms with E-state index in [1.54, 1.807) is 12.1 Å². The molecule has 0 bridgehead atoms. The summed E-state index contributed by atoms with van der Waals surface area (Å²) in [6.45, 7) is 0.398. The molecule has 1 aromatic carbocycles. The summed E-state index contributed by atoms with van der Waals surface area (Å²) in [5.41, 5.74) is 6.50. The van der Waals surface area contributed by atoms with Crippen LogP contribution in [0.5, 0.6) is 5.75 Å². The minimum absolute atomic E-state index is 0.0529. The minimum atomic E-state index is -1.76. The Kier molecular flexibility index (Phi) is 10.1. The third kappa shape index (κ3) is 8.57. The quantitative estimate of drug-likeness (QED) is 0.163. The van der Waals surface area contributed by atoms with E-state index >= 15 is 0 Å². The number of aromatic hydroxyl groups is 1. The zero-order chi connectivity index (χ0) is 24.4. The van der Waals surface area contributed by atoms with Crippen molar-refractivity contribution in [3.8, 4) is 5.75 Å². The number of aliphatic carboxylic acids is 2. The van der Waals surface area contributed by atoms with Crippen LogP contribution in [0.4, 0.5) is 0 Å². The van der Waals surface area contributed by atoms with Crippen LogP contribution in [0.1, 0.15) is 18.9 Å². The number of hydrogen-bond donors (Lipinski definition) is 8. The largest absolute Gasteiger partial charge is 0.508 e. The molecule has 176 valence electrons. The predicted molar refractivity (Wildman–Crippen MR) is 108 cm³/mol. The van der Waals surface area contributed by atoms with Crippen LogP contribution in [-0.4, -0.2) is 80.9 Å². The third-order valence-corrected chi connectivity index (χ3v) is 4.29. The third-order valence-electron chi connectivity index (χ3n) is 4.29. The first-order valence-electron chi connectivity index (χ1n) is 9.44. The Balaban J connectivity index is 2.64. The van der Waals surface area contributed by atoms with E-state index < -0.39 is 66.9 Å². The second kappa shape index (κ2) is 12.2. The van der Waals surface area contributed by atoms with Crippen molar-refractivity contribution in [3.05, 3.63) is 29.8 Å². The van der Waals surface area contributed by atoms with E-state index in [-0.39, 0.29) is 12.2 Å². The van der Waals surface area contributed by atoms with Gasteiger partial charge in [-0.2, -0.15) is 0 Å². The van der Waals surface area contributed by atoms with Gasteiger partial charge in [-0.25, -0.2) is 4.79 Å². The molecular formula is C19H26N4O9. The average Bonchev–Trinajstić information content (AvgIpc) is 2.72. The van der Waals surface area contributed by atoms with Crippen LogP contribution in [0.3, 0.4) is 0 Å². The van der Waals surface area contributed by atoms with Crippen LogP contribution < -0.4 is 21.7 Å². The number of hydrogen-bond acceptors (Lipinski definition) is 8. The molecule has 4 unspecified atom stereocenters. The van der Waals surface area contributed by atoms with Gasteiger partial charge in [-0.3, -0.25) is 19.2 Å². The number of carbonyl (C=O) groups is 5. The monoisotopic (exact) mass is 454 g/mol. The van der Waals surface area contributed by atoms with Crippen LogP contribution in [0.2, 0.25) is 0 Å². The number of carboxylic acid groups (broad SMARTS) is 2. The van der Waals surface area contributed by atoms with Crippen molar-refractivity contribution >= 4 is 29.7 Å². The highest BCUT2D eigenvalue weighted by Crippen LogP contribution is 2.11. The lowest BCUT2D eigenvalue weighted by Crippen LogP contribution is -2.57. The molecule has 0 fully saturated rings. The molecule has 0 aliphatic rings. The number of amides is 3. The number of nitrogens with one attached hydrogen (secondary N) is 3. The second-order valence-electron chi connectivity index (χ2n) is 6.95. The summed E-state index contributed by atoms with van der Waals surface area (Å²) in [4.78, 5) is 58.4. The van der Waals surface area contributed by atoms with E-state index in [0.717, 1.165) is 0 Å². The molecule has 0 spiro atoms. The van der Waals surface area contributed by atoms with E-state index in [0.29, 0.717) is 5.56 Å². The SMILES string of the molecule is CC(NC(=O)C(N)Cc1ccc(O)cc1)C(=O)NC(CO)C(=O)NC(CC(=O)O)C(=O)O. The van der Waals surface area contributed by atoms with Crippen LogP contribution in [0.25, 0.3) is 0 Å². The standard InChI is InChI=1S/C19H26N4O9/c1-9(21-17(29)12(20)6-10-2-4-11(25)5-3-10)16(28)23-14(8-24)18(30)22-13(19(31)32)7-15(26)27/h2-5,9,12-14,24-25H,6-8,20H2,1H3,(H,21,29)(H,22,30)(H,23,28)(H,26,27)(H,31,32). The summed E-state index contributed by atoms with van der Waals surface area (Å²) in [5, 5.41) is 42.7. The van der Waals surface area contributed by atoms with Crippen molar-refractivity contribution < 1.29 is 44.4 Å². The molecule has 9 N–H and O–H groups in total. The molecular weight excluding hydrogens is 428 g/mol. The van der Waals surface area contributed by atoms with E-state index in [2.05, 4.69) is 10.6 Å². The number of benzene rings is 1. The summed E-state index contributed by atoms with van der Waals surface area (Å²) in [6, 6.07) is 0.506. The molecule has 0 aromatic heterocycles. The van der Waals surface area contributed by atoms with Gasteiger partial charge < -0.3 is 42.1 Å². The minimum Gasteiger partial charge on any atom is -0.508 e. The Labute approximate surface area is 182 Å². The van der Waals surface area contributed by atoms with Crippen LogP contribution in [0, 0.1) is 0 Å². The highest BCUT2D eigenvalue weighted by Gasteiger charge is 2.29. The molecule has 4 atom stereocenters. The second-order valence-corrected chi connectivity index (χ2v) is 6.95. The topological polar surface area (TPSA) is 228 Å². The summed E-state index contributed by atoms with van der Waals surface area (Å²) in [7, 11) is 0. The molecule has 3 amide bonds. The van der Waals surface area contributed by atoms with Gasteiger partial charge in [-0.1, -0.05) is 12.1 Å². The number of carbonyl (C=O) groups excluding carboxylic acids is 3. The Hall–Kier alpha value is -3.71. The van der Waals surface area contributed by atoms with Crippen molar-refractivity contribution in [3.63, 3.8) is 0 Å². The molecule has 13 heteroatoms. The summed E-state index contributed by atoms with van der Waals surface area (Å²) < 4.78 is 0. The maximum absolute atomic E-state index is 12.3. The molecule has 1 rings (SSSR count). The van der Waals surface area contributed by atoms with Gasteiger partial charge in [-0.05, 0) is 31.0 Å². The smallest absolute Gasteiger partial charge is 0.326 e. The number of phenols is 1. The number of rotatable bonds is 12. The van der Waals surface area contributed by atoms with E-state index in [1.807, 2.05) is 5.32 Å². The lowest BCUT2D eigenvalue weighted by molar-refractivity contribution is -0.147. The molecule has 0 saturated heterocycles. The molecule has 0 radical (unpaired) electrons. The fourth-order valence-corrected chi connectivity index (χ4v) is 2.50. The lowest BCUT2D eigenvalue weighted by Gasteiger charge is -2.22. The van der Waals surface area contributed by atoms with Crippen molar-refractivity contribution in [2.75, 3.05) is 6.61 Å². The summed E-state index contributed by atoms with van der Waals surface area (Å²) in [6.07, 6.45) is -0.777. The van der Waals surface area contributed by atoms with Crippen molar-refractivity contribution in [2.45, 2.75) is 43.9 Å². The average molecular weight is 454 g/mol. The first-order valence-corrected chi connectivity index (χ1v) is 9.44. The number of aliphatic hydroxyl groups excluding tert-OH is 1. The number of carboxylic acids is 2. The van der Waals surface area contributed by atoms with Gasteiger partial charge in [0.05, 0.1) is 19.1 Å². The molecule has 0 aliphatic heterocycles. The molecule has 0 saturated carbocycles. The Morgan fingerprint density at radius 2 is 1.47 bits per heavy atom. The fraction of sp³-hybridized carbons (Fsp3) is 0.421. The molecule has 0 aliphatic carbocycles. The molecule has 32 heavy (non-hydrogen) atoms.